The molecule has 0 saturated carbocycles. The number of hydrogen-bond donors (Lipinski definition) is 1. The van der Waals surface area contributed by atoms with E-state index >= 15 is 0 Å². The highest BCUT2D eigenvalue weighted by atomic mass is 14.8. The van der Waals surface area contributed by atoms with Gasteiger partial charge in [0.15, 0.2) is 0 Å². The summed E-state index contributed by atoms with van der Waals surface area (Å²) in [6.07, 6.45) is 1.77. The van der Waals surface area contributed by atoms with E-state index in [1.165, 1.54) is 0 Å². The number of nitrogens with two attached hydrogens (primary N) is 1. The number of aromatic nitrogens is 2. The number of para-hydroxylation sites is 2. The maximum atomic E-state index is 5.95. The van der Waals surface area contributed by atoms with E-state index in [1.807, 2.05) is 31.2 Å². The summed E-state index contributed by atoms with van der Waals surface area (Å²) in [7, 11) is 0. The number of nitrogens with zero attached hydrogens (tertiary/aromatic N) is 2. The highest BCUT2D eigenvalue weighted by molar-refractivity contribution is 5.74. The van der Waals surface area contributed by atoms with Gasteiger partial charge in [-0.2, -0.15) is 0 Å². The zero-order valence-electron chi connectivity index (χ0n) is 9.77. The number of aryl methyl sites for hydroxylation is 1. The molecule has 0 aliphatic carbocycles. The first-order valence-corrected chi connectivity index (χ1v) is 5.68. The smallest absolute Gasteiger partial charge is 0.0890 e. The Hall–Kier alpha value is -1.48. The molecule has 2 N–H and O–H groups in total. The summed E-state index contributed by atoms with van der Waals surface area (Å²) in [6.45, 7) is 4.09. The van der Waals surface area contributed by atoms with Crippen molar-refractivity contribution in [1.82, 2.24) is 9.97 Å². The van der Waals surface area contributed by atoms with Gasteiger partial charge in [-0.1, -0.05) is 19.1 Å². The SMILES string of the molecule is CCC(N)Cc1nc2ccccc2nc1C. The van der Waals surface area contributed by atoms with E-state index in [-0.39, 0.29) is 6.04 Å². The Kier molecular flexibility index (Phi) is 3.15. The van der Waals surface area contributed by atoms with Crippen LogP contribution in [0.1, 0.15) is 24.7 Å². The van der Waals surface area contributed by atoms with Gasteiger partial charge < -0.3 is 5.73 Å². The Morgan fingerprint density at radius 2 is 1.81 bits per heavy atom. The van der Waals surface area contributed by atoms with Crippen LogP contribution in [0.25, 0.3) is 11.0 Å². The standard InChI is InChI=1S/C13H17N3/c1-3-10(14)8-13-9(2)15-11-6-4-5-7-12(11)16-13/h4-7,10H,3,8,14H2,1-2H3. The molecule has 0 amide bonds. The van der Waals surface area contributed by atoms with Crippen molar-refractivity contribution in [3.8, 4) is 0 Å². The highest BCUT2D eigenvalue weighted by Crippen LogP contribution is 2.13. The topological polar surface area (TPSA) is 51.8 Å². The predicted molar refractivity (Wildman–Crippen MR) is 66.2 cm³/mol. The van der Waals surface area contributed by atoms with E-state index in [4.69, 9.17) is 5.73 Å². The van der Waals surface area contributed by atoms with Gasteiger partial charge in [-0.25, -0.2) is 9.97 Å². The van der Waals surface area contributed by atoms with Crippen LogP contribution < -0.4 is 5.73 Å². The maximum absolute atomic E-state index is 5.95. The van der Waals surface area contributed by atoms with Crippen LogP contribution in [-0.2, 0) is 6.42 Å². The van der Waals surface area contributed by atoms with Crippen molar-refractivity contribution in [3.63, 3.8) is 0 Å². The zero-order valence-corrected chi connectivity index (χ0v) is 9.77. The Labute approximate surface area is 95.7 Å². The van der Waals surface area contributed by atoms with Crippen molar-refractivity contribution in [1.29, 1.82) is 0 Å². The van der Waals surface area contributed by atoms with Gasteiger partial charge in [0.2, 0.25) is 0 Å². The molecular weight excluding hydrogens is 198 g/mol. The number of hydrogen-bond acceptors (Lipinski definition) is 3. The molecule has 16 heavy (non-hydrogen) atoms. The van der Waals surface area contributed by atoms with Gasteiger partial charge in [0.1, 0.15) is 0 Å². The summed E-state index contributed by atoms with van der Waals surface area (Å²) < 4.78 is 0. The van der Waals surface area contributed by atoms with Gasteiger partial charge in [0, 0.05) is 12.5 Å². The van der Waals surface area contributed by atoms with Crippen molar-refractivity contribution in [2.24, 2.45) is 5.73 Å². The molecule has 3 heteroatoms. The lowest BCUT2D eigenvalue weighted by atomic mass is 10.1. The monoisotopic (exact) mass is 215 g/mol. The third-order valence-corrected chi connectivity index (χ3v) is 2.82. The molecule has 0 radical (unpaired) electrons. The Morgan fingerprint density at radius 1 is 1.19 bits per heavy atom. The molecule has 0 saturated heterocycles. The Bertz CT molecular complexity index is 494. The molecule has 2 aromatic rings. The minimum atomic E-state index is 0.175. The quantitative estimate of drug-likeness (QED) is 0.854. The van der Waals surface area contributed by atoms with Crippen LogP contribution in [0.3, 0.4) is 0 Å². The normalized spacial score (nSPS) is 12.9. The van der Waals surface area contributed by atoms with Crippen molar-refractivity contribution >= 4 is 11.0 Å². The summed E-state index contributed by atoms with van der Waals surface area (Å²) in [5.41, 5.74) is 9.86. The first-order chi connectivity index (χ1) is 7.70. The second-order valence-electron chi connectivity index (χ2n) is 4.12. The van der Waals surface area contributed by atoms with Gasteiger partial charge in [-0.15, -0.1) is 0 Å². The lowest BCUT2D eigenvalue weighted by molar-refractivity contribution is 0.633. The number of benzene rings is 1. The van der Waals surface area contributed by atoms with Gasteiger partial charge in [0.25, 0.3) is 0 Å². The van der Waals surface area contributed by atoms with Gasteiger partial charge in [-0.05, 0) is 25.5 Å². The summed E-state index contributed by atoms with van der Waals surface area (Å²) in [5, 5.41) is 0. The molecule has 1 atom stereocenters. The minimum Gasteiger partial charge on any atom is -0.327 e. The fourth-order valence-corrected chi connectivity index (χ4v) is 1.71. The maximum Gasteiger partial charge on any atom is 0.0890 e. The van der Waals surface area contributed by atoms with Crippen molar-refractivity contribution in [2.45, 2.75) is 32.7 Å². The van der Waals surface area contributed by atoms with E-state index in [0.717, 1.165) is 35.3 Å². The van der Waals surface area contributed by atoms with Crippen LogP contribution in [-0.4, -0.2) is 16.0 Å². The molecule has 2 rings (SSSR count). The second-order valence-corrected chi connectivity index (χ2v) is 4.12. The fourth-order valence-electron chi connectivity index (χ4n) is 1.71. The highest BCUT2D eigenvalue weighted by Gasteiger charge is 2.08. The first-order valence-electron chi connectivity index (χ1n) is 5.68. The average molecular weight is 215 g/mol. The van der Waals surface area contributed by atoms with E-state index in [0.29, 0.717) is 0 Å². The molecule has 3 nitrogen and oxygen atoms in total. The molecule has 0 spiro atoms. The Balaban J connectivity index is 2.42. The predicted octanol–water partition coefficient (Wildman–Crippen LogP) is 2.22. The van der Waals surface area contributed by atoms with Crippen LogP contribution in [0.5, 0.6) is 0 Å². The largest absolute Gasteiger partial charge is 0.327 e. The summed E-state index contributed by atoms with van der Waals surface area (Å²) in [4.78, 5) is 9.17. The lowest BCUT2D eigenvalue weighted by Crippen LogP contribution is -2.22. The summed E-state index contributed by atoms with van der Waals surface area (Å²) in [5.74, 6) is 0. The van der Waals surface area contributed by atoms with Crippen LogP contribution in [0.15, 0.2) is 24.3 Å². The van der Waals surface area contributed by atoms with E-state index in [1.54, 1.807) is 0 Å². The van der Waals surface area contributed by atoms with E-state index in [2.05, 4.69) is 16.9 Å². The first kappa shape index (κ1) is 11.0. The molecule has 0 aliphatic heterocycles. The number of fused-ring (bicyclic) bond motifs is 1. The van der Waals surface area contributed by atoms with Crippen LogP contribution in [0.2, 0.25) is 0 Å². The molecule has 0 bridgehead atoms. The van der Waals surface area contributed by atoms with Crippen LogP contribution in [0.4, 0.5) is 0 Å². The minimum absolute atomic E-state index is 0.175. The molecule has 0 fully saturated rings. The third kappa shape index (κ3) is 2.19. The van der Waals surface area contributed by atoms with Gasteiger partial charge >= 0.3 is 0 Å². The van der Waals surface area contributed by atoms with E-state index in [9.17, 15) is 0 Å². The lowest BCUT2D eigenvalue weighted by Gasteiger charge is -2.10. The van der Waals surface area contributed by atoms with Crippen molar-refractivity contribution in [3.05, 3.63) is 35.7 Å². The van der Waals surface area contributed by atoms with Crippen LogP contribution in [0, 0.1) is 6.92 Å². The molecule has 1 aromatic carbocycles. The molecule has 1 aromatic heterocycles. The molecule has 84 valence electrons. The fraction of sp³-hybridized carbons (Fsp3) is 0.385. The molecule has 1 unspecified atom stereocenters. The van der Waals surface area contributed by atoms with E-state index < -0.39 is 0 Å². The van der Waals surface area contributed by atoms with Crippen molar-refractivity contribution in [2.75, 3.05) is 0 Å². The Morgan fingerprint density at radius 3 is 2.44 bits per heavy atom. The van der Waals surface area contributed by atoms with Crippen molar-refractivity contribution < 1.29 is 0 Å². The van der Waals surface area contributed by atoms with Gasteiger partial charge in [-0.3, -0.25) is 0 Å². The third-order valence-electron chi connectivity index (χ3n) is 2.82. The molecule has 0 aliphatic rings. The van der Waals surface area contributed by atoms with Gasteiger partial charge in [0.05, 0.1) is 22.4 Å². The van der Waals surface area contributed by atoms with Crippen LogP contribution >= 0.6 is 0 Å². The molecule has 1 heterocycles. The zero-order chi connectivity index (χ0) is 11.5. The molecular formula is C13H17N3. The average Bonchev–Trinajstić information content (AvgIpc) is 2.30. The second kappa shape index (κ2) is 4.58. The summed E-state index contributed by atoms with van der Waals surface area (Å²) >= 11 is 0. The number of rotatable bonds is 3. The summed E-state index contributed by atoms with van der Waals surface area (Å²) in [6, 6.07) is 8.11.